The van der Waals surface area contributed by atoms with Gasteiger partial charge in [-0.15, -0.1) is 0 Å². The van der Waals surface area contributed by atoms with Gasteiger partial charge in [0.1, 0.15) is 5.82 Å². The maximum Gasteiger partial charge on any atom is 0.273 e. The molecule has 1 heterocycles. The van der Waals surface area contributed by atoms with E-state index >= 15 is 0 Å². The number of piperidine rings is 1. The third kappa shape index (κ3) is 6.31. The van der Waals surface area contributed by atoms with E-state index in [4.69, 9.17) is 0 Å². The number of rotatable bonds is 6. The van der Waals surface area contributed by atoms with E-state index < -0.39 is 16.7 Å². The molecule has 10 heteroatoms. The van der Waals surface area contributed by atoms with Crippen LogP contribution in [0.25, 0.3) is 0 Å². The summed E-state index contributed by atoms with van der Waals surface area (Å²) in [4.78, 5) is 51.3. The first-order chi connectivity index (χ1) is 17.7. The largest absolute Gasteiger partial charge is 0.351 e. The molecule has 3 atom stereocenters. The quantitative estimate of drug-likeness (QED) is 0.453. The Morgan fingerprint density at radius 2 is 1.59 bits per heavy atom. The van der Waals surface area contributed by atoms with Crippen molar-refractivity contribution < 1.29 is 23.7 Å². The van der Waals surface area contributed by atoms with E-state index in [2.05, 4.69) is 10.6 Å². The third-order valence-corrected chi connectivity index (χ3v) is 7.25. The molecule has 3 amide bonds. The van der Waals surface area contributed by atoms with E-state index in [0.29, 0.717) is 30.5 Å². The van der Waals surface area contributed by atoms with Crippen molar-refractivity contribution in [2.45, 2.75) is 57.5 Å². The highest BCUT2D eigenvalue weighted by molar-refractivity contribution is 5.96. The standard InChI is InChI=1S/C27H31FN4O5/c1-17-8-9-19(15-24(17)32(36)37)27(35)31-14-4-5-20(16-31)26(34)30-23-7-3-2-6-22(23)29-25(33)18-10-12-21(28)13-11-18/h8-13,15,20,22-23H,2-7,14,16H2,1H3,(H,29,33)(H,30,34)/t20-,22+,23+/m0/s1. The van der Waals surface area contributed by atoms with Crippen molar-refractivity contribution in [2.24, 2.45) is 5.92 Å². The van der Waals surface area contributed by atoms with Crippen LogP contribution in [-0.4, -0.2) is 52.7 Å². The summed E-state index contributed by atoms with van der Waals surface area (Å²) in [5.74, 6) is -1.63. The molecular weight excluding hydrogens is 479 g/mol. The number of halogens is 1. The zero-order valence-corrected chi connectivity index (χ0v) is 20.7. The summed E-state index contributed by atoms with van der Waals surface area (Å²) in [6.45, 7) is 2.32. The van der Waals surface area contributed by atoms with Crippen LogP contribution >= 0.6 is 0 Å². The molecule has 2 aromatic rings. The summed E-state index contributed by atoms with van der Waals surface area (Å²) >= 11 is 0. The number of carbonyl (C=O) groups excluding carboxylic acids is 3. The van der Waals surface area contributed by atoms with E-state index in [1.165, 1.54) is 30.3 Å². The Balaban J connectivity index is 1.38. The number of nitro benzene ring substituents is 1. The Bertz CT molecular complexity index is 1190. The summed E-state index contributed by atoms with van der Waals surface area (Å²) in [6.07, 6.45) is 4.57. The van der Waals surface area contributed by atoms with Gasteiger partial charge in [-0.1, -0.05) is 18.9 Å². The van der Waals surface area contributed by atoms with Crippen LogP contribution in [0.4, 0.5) is 10.1 Å². The maximum absolute atomic E-state index is 13.2. The average molecular weight is 511 g/mol. The lowest BCUT2D eigenvalue weighted by molar-refractivity contribution is -0.385. The van der Waals surface area contributed by atoms with Crippen LogP contribution in [-0.2, 0) is 4.79 Å². The second kappa shape index (κ2) is 11.5. The van der Waals surface area contributed by atoms with Crippen molar-refractivity contribution in [3.63, 3.8) is 0 Å². The monoisotopic (exact) mass is 510 g/mol. The van der Waals surface area contributed by atoms with Crippen LogP contribution in [0.3, 0.4) is 0 Å². The molecular formula is C27H31FN4O5. The number of nitrogens with one attached hydrogen (secondary N) is 2. The van der Waals surface area contributed by atoms with Gasteiger partial charge in [-0.2, -0.15) is 0 Å². The molecule has 0 unspecified atom stereocenters. The van der Waals surface area contributed by atoms with Gasteiger partial charge >= 0.3 is 0 Å². The molecule has 4 rings (SSSR count). The predicted molar refractivity (Wildman–Crippen MR) is 135 cm³/mol. The fourth-order valence-electron chi connectivity index (χ4n) is 5.13. The Kier molecular flexibility index (Phi) is 8.15. The maximum atomic E-state index is 13.2. The molecule has 9 nitrogen and oxygen atoms in total. The molecule has 1 saturated carbocycles. The van der Waals surface area contributed by atoms with Gasteiger partial charge < -0.3 is 15.5 Å². The van der Waals surface area contributed by atoms with Gasteiger partial charge in [0.2, 0.25) is 5.91 Å². The molecule has 1 aliphatic carbocycles. The average Bonchev–Trinajstić information content (AvgIpc) is 2.90. The zero-order chi connectivity index (χ0) is 26.5. The van der Waals surface area contributed by atoms with Crippen molar-refractivity contribution in [3.05, 3.63) is 75.1 Å². The number of nitro groups is 1. The summed E-state index contributed by atoms with van der Waals surface area (Å²) in [5, 5.41) is 17.4. The van der Waals surface area contributed by atoms with Crippen LogP contribution in [0, 0.1) is 28.8 Å². The number of benzene rings is 2. The minimum absolute atomic E-state index is 0.108. The first kappa shape index (κ1) is 26.2. The SMILES string of the molecule is Cc1ccc(C(=O)N2CCC[C@H](C(=O)N[C@@H]3CCCC[C@H]3NC(=O)c3ccc(F)cc3)C2)cc1[N+](=O)[O-]. The highest BCUT2D eigenvalue weighted by atomic mass is 19.1. The fourth-order valence-corrected chi connectivity index (χ4v) is 5.13. The summed E-state index contributed by atoms with van der Waals surface area (Å²) in [5.41, 5.74) is 0.957. The van der Waals surface area contributed by atoms with Gasteiger partial charge in [-0.3, -0.25) is 24.5 Å². The second-order valence-corrected chi connectivity index (χ2v) is 9.84. The normalized spacial score (nSPS) is 21.7. The predicted octanol–water partition coefficient (Wildman–Crippen LogP) is 3.75. The lowest BCUT2D eigenvalue weighted by Gasteiger charge is -2.36. The molecule has 2 aromatic carbocycles. The van der Waals surface area contributed by atoms with Crippen LogP contribution < -0.4 is 10.6 Å². The number of nitrogens with zero attached hydrogens (tertiary/aromatic N) is 2. The first-order valence-electron chi connectivity index (χ1n) is 12.6. The van der Waals surface area contributed by atoms with Crippen LogP contribution in [0.2, 0.25) is 0 Å². The molecule has 1 aliphatic heterocycles. The number of hydrogen-bond acceptors (Lipinski definition) is 5. The molecule has 37 heavy (non-hydrogen) atoms. The summed E-state index contributed by atoms with van der Waals surface area (Å²) < 4.78 is 13.2. The van der Waals surface area contributed by atoms with Crippen molar-refractivity contribution in [1.29, 1.82) is 0 Å². The third-order valence-electron chi connectivity index (χ3n) is 7.25. The van der Waals surface area contributed by atoms with Crippen molar-refractivity contribution in [2.75, 3.05) is 13.1 Å². The lowest BCUT2D eigenvalue weighted by atomic mass is 9.88. The summed E-state index contributed by atoms with van der Waals surface area (Å²) in [7, 11) is 0. The lowest BCUT2D eigenvalue weighted by Crippen LogP contribution is -2.55. The van der Waals surface area contributed by atoms with E-state index in [1.54, 1.807) is 24.0 Å². The number of hydrogen-bond donors (Lipinski definition) is 2. The topological polar surface area (TPSA) is 122 Å². The minimum Gasteiger partial charge on any atom is -0.351 e. The van der Waals surface area contributed by atoms with Gasteiger partial charge in [-0.25, -0.2) is 4.39 Å². The van der Waals surface area contributed by atoms with E-state index in [9.17, 15) is 28.9 Å². The molecule has 0 radical (unpaired) electrons. The van der Waals surface area contributed by atoms with Gasteiger partial charge in [0.15, 0.2) is 0 Å². The Morgan fingerprint density at radius 3 is 2.27 bits per heavy atom. The fraction of sp³-hybridized carbons (Fsp3) is 0.444. The van der Waals surface area contributed by atoms with Crippen molar-refractivity contribution >= 4 is 23.4 Å². The summed E-state index contributed by atoms with van der Waals surface area (Å²) in [6, 6.07) is 9.27. The van der Waals surface area contributed by atoms with Gasteiger partial charge in [-0.05, 0) is 62.9 Å². The highest BCUT2D eigenvalue weighted by Gasteiger charge is 2.33. The number of carbonyl (C=O) groups is 3. The van der Waals surface area contributed by atoms with Crippen LogP contribution in [0.15, 0.2) is 42.5 Å². The molecule has 2 fully saturated rings. The minimum atomic E-state index is -0.506. The number of likely N-dealkylation sites (tertiary alicyclic amines) is 1. The molecule has 0 bridgehead atoms. The first-order valence-corrected chi connectivity index (χ1v) is 12.6. The second-order valence-electron chi connectivity index (χ2n) is 9.84. The molecule has 1 saturated heterocycles. The van der Waals surface area contributed by atoms with Crippen molar-refractivity contribution in [1.82, 2.24) is 15.5 Å². The molecule has 2 N–H and O–H groups in total. The number of aryl methyl sites for hydroxylation is 1. The Labute approximate surface area is 214 Å². The molecule has 0 aromatic heterocycles. The van der Waals surface area contributed by atoms with Crippen LogP contribution in [0.5, 0.6) is 0 Å². The molecule has 196 valence electrons. The van der Waals surface area contributed by atoms with E-state index in [0.717, 1.165) is 25.7 Å². The highest BCUT2D eigenvalue weighted by Crippen LogP contribution is 2.25. The smallest absolute Gasteiger partial charge is 0.273 e. The van der Waals surface area contributed by atoms with Gasteiger partial charge in [0.25, 0.3) is 17.5 Å². The number of amides is 3. The zero-order valence-electron chi connectivity index (χ0n) is 20.7. The van der Waals surface area contributed by atoms with E-state index in [-0.39, 0.29) is 47.6 Å². The van der Waals surface area contributed by atoms with E-state index in [1.807, 2.05) is 0 Å². The molecule has 0 spiro atoms. The Morgan fingerprint density at radius 1 is 0.946 bits per heavy atom. The van der Waals surface area contributed by atoms with Crippen LogP contribution in [0.1, 0.15) is 64.8 Å². The van der Waals surface area contributed by atoms with Crippen molar-refractivity contribution in [3.8, 4) is 0 Å². The Hall–Kier alpha value is -3.82. The van der Waals surface area contributed by atoms with Gasteiger partial charge in [0.05, 0.1) is 10.8 Å². The van der Waals surface area contributed by atoms with Gasteiger partial charge in [0, 0.05) is 47.9 Å². The molecule has 2 aliphatic rings.